The Hall–Kier alpha value is -2.08. The van der Waals surface area contributed by atoms with Crippen molar-refractivity contribution < 1.29 is 14.3 Å². The molecule has 0 bridgehead atoms. The van der Waals surface area contributed by atoms with E-state index in [2.05, 4.69) is 10.6 Å². The van der Waals surface area contributed by atoms with Gasteiger partial charge in [-0.25, -0.2) is 0 Å². The van der Waals surface area contributed by atoms with Crippen LogP contribution in [0.15, 0.2) is 18.2 Å². The summed E-state index contributed by atoms with van der Waals surface area (Å²) in [6.07, 6.45) is 5.36. The summed E-state index contributed by atoms with van der Waals surface area (Å²) in [5, 5.41) is 6.33. The summed E-state index contributed by atoms with van der Waals surface area (Å²) < 4.78 is 5.34. The van der Waals surface area contributed by atoms with E-state index < -0.39 is 0 Å². The number of benzene rings is 1. The van der Waals surface area contributed by atoms with Gasteiger partial charge in [0.15, 0.2) is 0 Å². The Labute approximate surface area is 161 Å². The maximum atomic E-state index is 12.8. The molecule has 1 aromatic carbocycles. The highest BCUT2D eigenvalue weighted by atomic mass is 16.5. The summed E-state index contributed by atoms with van der Waals surface area (Å²) in [6.45, 7) is 4.74. The molecule has 0 spiro atoms. The van der Waals surface area contributed by atoms with Crippen LogP contribution in [0.5, 0.6) is 5.75 Å². The Bertz CT molecular complexity index is 671. The number of nitrogens with one attached hydrogen (secondary N) is 2. The fraction of sp³-hybridized carbons (Fsp3) is 0.619. The van der Waals surface area contributed by atoms with Gasteiger partial charge in [0.25, 0.3) is 0 Å². The minimum absolute atomic E-state index is 0.113. The summed E-state index contributed by atoms with van der Waals surface area (Å²) in [4.78, 5) is 27.4. The van der Waals surface area contributed by atoms with Crippen LogP contribution in [0.25, 0.3) is 0 Å². The standard InChI is InChI=1S/C21H31N3O3/c1-15-5-7-19(27-2)17(14-15)23-21(26)18-4-3-13-24(18)20(25)8-6-16-9-11-22-12-10-16/h5,7,14,16,18,22H,3-4,6,8-13H2,1-2H3,(H,23,26). The van der Waals surface area contributed by atoms with Crippen LogP contribution >= 0.6 is 0 Å². The van der Waals surface area contributed by atoms with Gasteiger partial charge in [0, 0.05) is 13.0 Å². The third-order valence-electron chi connectivity index (χ3n) is 5.71. The van der Waals surface area contributed by atoms with Crippen LogP contribution in [-0.2, 0) is 9.59 Å². The monoisotopic (exact) mass is 373 g/mol. The zero-order valence-electron chi connectivity index (χ0n) is 16.4. The lowest BCUT2D eigenvalue weighted by molar-refractivity contribution is -0.136. The average molecular weight is 373 g/mol. The number of carbonyl (C=O) groups is 2. The van der Waals surface area contributed by atoms with Gasteiger partial charge in [-0.05, 0) is 75.7 Å². The molecule has 2 aliphatic rings. The molecule has 6 nitrogen and oxygen atoms in total. The summed E-state index contributed by atoms with van der Waals surface area (Å²) in [5.41, 5.74) is 1.71. The molecular formula is C21H31N3O3. The Morgan fingerprint density at radius 3 is 2.78 bits per heavy atom. The largest absolute Gasteiger partial charge is 0.495 e. The average Bonchev–Trinajstić information content (AvgIpc) is 3.17. The predicted octanol–water partition coefficient (Wildman–Crippen LogP) is 2.71. The SMILES string of the molecule is COc1ccc(C)cc1NC(=O)C1CCCN1C(=O)CCC1CCNCC1. The molecule has 0 aromatic heterocycles. The van der Waals surface area contributed by atoms with Gasteiger partial charge >= 0.3 is 0 Å². The maximum Gasteiger partial charge on any atom is 0.247 e. The molecule has 3 rings (SSSR count). The van der Waals surface area contributed by atoms with Gasteiger partial charge in [0.1, 0.15) is 11.8 Å². The van der Waals surface area contributed by atoms with Crippen molar-refractivity contribution in [1.29, 1.82) is 0 Å². The van der Waals surface area contributed by atoms with Crippen LogP contribution in [0.1, 0.15) is 44.1 Å². The van der Waals surface area contributed by atoms with Crippen LogP contribution in [0.3, 0.4) is 0 Å². The highest BCUT2D eigenvalue weighted by Gasteiger charge is 2.34. The van der Waals surface area contributed by atoms with Gasteiger partial charge in [0.05, 0.1) is 12.8 Å². The Morgan fingerprint density at radius 1 is 1.26 bits per heavy atom. The number of nitrogens with zero attached hydrogens (tertiary/aromatic N) is 1. The molecule has 2 saturated heterocycles. The van der Waals surface area contributed by atoms with Crippen LogP contribution in [0.2, 0.25) is 0 Å². The van der Waals surface area contributed by atoms with Crippen molar-refractivity contribution in [2.24, 2.45) is 5.92 Å². The first-order valence-electron chi connectivity index (χ1n) is 10.0. The molecule has 1 atom stereocenters. The van der Waals surface area contributed by atoms with Crippen LogP contribution in [0.4, 0.5) is 5.69 Å². The van der Waals surface area contributed by atoms with Gasteiger partial charge in [-0.2, -0.15) is 0 Å². The molecule has 2 fully saturated rings. The highest BCUT2D eigenvalue weighted by Crippen LogP contribution is 2.28. The molecule has 0 saturated carbocycles. The van der Waals surface area contributed by atoms with Crippen molar-refractivity contribution in [3.8, 4) is 5.75 Å². The fourth-order valence-corrected chi connectivity index (χ4v) is 4.11. The minimum Gasteiger partial charge on any atom is -0.495 e. The molecule has 2 aliphatic heterocycles. The maximum absolute atomic E-state index is 12.8. The number of piperidine rings is 1. The number of carbonyl (C=O) groups excluding carboxylic acids is 2. The van der Waals surface area contributed by atoms with Gasteiger partial charge in [-0.15, -0.1) is 0 Å². The first-order valence-corrected chi connectivity index (χ1v) is 10.0. The number of amides is 2. The lowest BCUT2D eigenvalue weighted by Gasteiger charge is -2.26. The zero-order valence-corrected chi connectivity index (χ0v) is 16.4. The molecule has 2 heterocycles. The van der Waals surface area contributed by atoms with Crippen molar-refractivity contribution in [2.75, 3.05) is 32.1 Å². The van der Waals surface area contributed by atoms with E-state index in [0.29, 0.717) is 30.3 Å². The van der Waals surface area contributed by atoms with Gasteiger partial charge in [-0.3, -0.25) is 9.59 Å². The number of rotatable bonds is 6. The van der Waals surface area contributed by atoms with Crippen molar-refractivity contribution in [2.45, 2.75) is 51.5 Å². The number of likely N-dealkylation sites (tertiary alicyclic amines) is 1. The Balaban J connectivity index is 1.59. The van der Waals surface area contributed by atoms with E-state index in [-0.39, 0.29) is 17.9 Å². The Morgan fingerprint density at radius 2 is 2.04 bits per heavy atom. The second-order valence-electron chi connectivity index (χ2n) is 7.67. The second-order valence-corrected chi connectivity index (χ2v) is 7.67. The zero-order chi connectivity index (χ0) is 19.2. The molecule has 1 aromatic rings. The van der Waals surface area contributed by atoms with Gasteiger partial charge < -0.3 is 20.3 Å². The molecule has 148 valence electrons. The van der Waals surface area contributed by atoms with Crippen LogP contribution < -0.4 is 15.4 Å². The van der Waals surface area contributed by atoms with Gasteiger partial charge in [0.2, 0.25) is 11.8 Å². The summed E-state index contributed by atoms with van der Waals surface area (Å²) in [6, 6.07) is 5.31. The van der Waals surface area contributed by atoms with E-state index in [0.717, 1.165) is 50.8 Å². The van der Waals surface area contributed by atoms with Gasteiger partial charge in [-0.1, -0.05) is 6.07 Å². The van der Waals surface area contributed by atoms with E-state index >= 15 is 0 Å². The Kier molecular flexibility index (Phi) is 6.72. The second kappa shape index (κ2) is 9.22. The lowest BCUT2D eigenvalue weighted by atomic mass is 9.93. The molecular weight excluding hydrogens is 342 g/mol. The minimum atomic E-state index is -0.379. The predicted molar refractivity (Wildman–Crippen MR) is 106 cm³/mol. The van der Waals surface area contributed by atoms with Crippen LogP contribution in [0, 0.1) is 12.8 Å². The fourth-order valence-electron chi connectivity index (χ4n) is 4.11. The topological polar surface area (TPSA) is 70.7 Å². The first-order chi connectivity index (χ1) is 13.1. The number of aryl methyl sites for hydroxylation is 1. The summed E-state index contributed by atoms with van der Waals surface area (Å²) >= 11 is 0. The number of anilines is 1. The third-order valence-corrected chi connectivity index (χ3v) is 5.71. The smallest absolute Gasteiger partial charge is 0.247 e. The molecule has 6 heteroatoms. The number of hydrogen-bond acceptors (Lipinski definition) is 4. The molecule has 27 heavy (non-hydrogen) atoms. The van der Waals surface area contributed by atoms with Crippen molar-refractivity contribution in [3.05, 3.63) is 23.8 Å². The van der Waals surface area contributed by atoms with Crippen LogP contribution in [-0.4, -0.2) is 49.5 Å². The van der Waals surface area contributed by atoms with Crippen molar-refractivity contribution >= 4 is 17.5 Å². The highest BCUT2D eigenvalue weighted by molar-refractivity contribution is 5.98. The number of ether oxygens (including phenoxy) is 1. The van der Waals surface area contributed by atoms with E-state index in [1.807, 2.05) is 25.1 Å². The van der Waals surface area contributed by atoms with E-state index in [1.54, 1.807) is 12.0 Å². The molecule has 1 unspecified atom stereocenters. The van der Waals surface area contributed by atoms with Crippen molar-refractivity contribution in [1.82, 2.24) is 10.2 Å². The molecule has 0 aliphatic carbocycles. The quantitative estimate of drug-likeness (QED) is 0.804. The van der Waals surface area contributed by atoms with E-state index in [9.17, 15) is 9.59 Å². The van der Waals surface area contributed by atoms with E-state index in [1.165, 1.54) is 0 Å². The van der Waals surface area contributed by atoms with E-state index in [4.69, 9.17) is 4.74 Å². The summed E-state index contributed by atoms with van der Waals surface area (Å²) in [5.74, 6) is 1.26. The first kappa shape index (κ1) is 19.7. The van der Waals surface area contributed by atoms with Crippen molar-refractivity contribution in [3.63, 3.8) is 0 Å². The lowest BCUT2D eigenvalue weighted by Crippen LogP contribution is -2.43. The third kappa shape index (κ3) is 5.01. The summed E-state index contributed by atoms with van der Waals surface area (Å²) in [7, 11) is 1.59. The molecule has 0 radical (unpaired) electrons. The normalized spacial score (nSPS) is 20.5. The molecule has 2 amide bonds. The number of methoxy groups -OCH3 is 1. The molecule has 2 N–H and O–H groups in total. The number of hydrogen-bond donors (Lipinski definition) is 2.